The lowest BCUT2D eigenvalue weighted by Gasteiger charge is -1.87. The van der Waals surface area contributed by atoms with E-state index in [1.165, 1.54) is 6.08 Å². The van der Waals surface area contributed by atoms with Crippen molar-refractivity contribution in [3.8, 4) is 0 Å². The Balaban J connectivity index is 3.86. The molecular weight excluding hydrogens is 130 g/mol. The maximum atomic E-state index is 9.84. The van der Waals surface area contributed by atoms with Crippen LogP contribution in [-0.2, 0) is 0 Å². The maximum absolute atomic E-state index is 9.84. The van der Waals surface area contributed by atoms with Crippen LogP contribution in [0.1, 0.15) is 6.42 Å². The first-order chi connectivity index (χ1) is 4.70. The molecule has 3 nitrogen and oxygen atoms in total. The van der Waals surface area contributed by atoms with Gasteiger partial charge >= 0.3 is 0 Å². The number of hydrogen-bond donors (Lipinski definition) is 0. The Kier molecular flexibility index (Phi) is 4.04. The highest BCUT2D eigenvalue weighted by molar-refractivity contribution is 5.16. The fourth-order valence-corrected chi connectivity index (χ4v) is 0.479. The maximum Gasteiger partial charge on any atom is 0.222 e. The third-order valence-corrected chi connectivity index (χ3v) is 1.05. The molecule has 0 unspecified atom stereocenters. The summed E-state index contributed by atoms with van der Waals surface area (Å²) in [6, 6.07) is 0. The fraction of sp³-hybridized carbons (Fsp3) is 0.286. The highest BCUT2D eigenvalue weighted by Gasteiger charge is 1.94. The Hall–Kier alpha value is -1.25. The van der Waals surface area contributed by atoms with Gasteiger partial charge < -0.3 is 0 Å². The monoisotopic (exact) mass is 140 g/mol. The minimum absolute atomic E-state index is 0.142. The first-order valence-corrected chi connectivity index (χ1v) is 2.93. The molecule has 0 fully saturated rings. The molecule has 10 heavy (non-hydrogen) atoms. The van der Waals surface area contributed by atoms with E-state index in [1.54, 1.807) is 6.08 Å². The number of allylic oxidation sites excluding steroid dienone is 2. The van der Waals surface area contributed by atoms with E-state index >= 15 is 0 Å². The van der Waals surface area contributed by atoms with E-state index in [2.05, 4.69) is 13.5 Å². The van der Waals surface area contributed by atoms with E-state index in [0.29, 0.717) is 6.42 Å². The summed E-state index contributed by atoms with van der Waals surface area (Å²) in [5.41, 5.74) is 0.816. The first kappa shape index (κ1) is 8.75. The fourth-order valence-electron chi connectivity index (χ4n) is 0.479. The molecule has 0 atom stereocenters. The SMILES string of the molecule is C=CC(=CC[N+](=O)[O-])C[CH2+]. The second-order valence-electron chi connectivity index (χ2n) is 1.75. The molecule has 0 N–H and O–H groups in total. The van der Waals surface area contributed by atoms with Crippen molar-refractivity contribution in [2.75, 3.05) is 6.54 Å². The number of nitro groups is 1. The number of nitrogens with zero attached hydrogens (tertiary/aromatic N) is 1. The topological polar surface area (TPSA) is 43.1 Å². The van der Waals surface area contributed by atoms with Crippen LogP contribution in [0.25, 0.3) is 0 Å². The lowest BCUT2D eigenvalue weighted by atomic mass is 10.2. The lowest BCUT2D eigenvalue weighted by molar-refractivity contribution is -0.468. The van der Waals surface area contributed by atoms with Crippen molar-refractivity contribution in [1.29, 1.82) is 0 Å². The van der Waals surface area contributed by atoms with E-state index in [4.69, 9.17) is 0 Å². The molecule has 0 aliphatic carbocycles. The summed E-state index contributed by atoms with van der Waals surface area (Å²) in [5, 5.41) is 9.84. The molecule has 0 amide bonds. The summed E-state index contributed by atoms with van der Waals surface area (Å²) in [6.07, 6.45) is 3.65. The second kappa shape index (κ2) is 4.61. The van der Waals surface area contributed by atoms with Gasteiger partial charge in [0.2, 0.25) is 6.54 Å². The standard InChI is InChI=1S/C7H10NO2/c1-3-7(4-2)5-6-8(9)10/h3,5H,1-2,4,6H2/q+1. The minimum atomic E-state index is -0.390. The molecule has 0 radical (unpaired) electrons. The van der Waals surface area contributed by atoms with Crippen molar-refractivity contribution in [1.82, 2.24) is 0 Å². The zero-order valence-corrected chi connectivity index (χ0v) is 5.75. The predicted octanol–water partition coefficient (Wildman–Crippen LogP) is 1.60. The van der Waals surface area contributed by atoms with Crippen LogP contribution in [0.2, 0.25) is 0 Å². The van der Waals surface area contributed by atoms with Gasteiger partial charge in [-0.2, -0.15) is 0 Å². The van der Waals surface area contributed by atoms with Gasteiger partial charge in [-0.25, -0.2) is 0 Å². The summed E-state index contributed by atoms with van der Waals surface area (Å²) in [6.45, 7) is 6.91. The van der Waals surface area contributed by atoms with Gasteiger partial charge in [-0.15, -0.1) is 0 Å². The number of hydrogen-bond acceptors (Lipinski definition) is 2. The van der Waals surface area contributed by atoms with E-state index in [1.807, 2.05) is 0 Å². The van der Waals surface area contributed by atoms with Crippen molar-refractivity contribution in [3.05, 3.63) is 41.3 Å². The minimum Gasteiger partial charge on any atom is -0.264 e. The molecule has 0 heterocycles. The van der Waals surface area contributed by atoms with Crippen LogP contribution in [0.15, 0.2) is 24.3 Å². The Morgan fingerprint density at radius 2 is 2.40 bits per heavy atom. The molecule has 0 rings (SSSR count). The average Bonchev–Trinajstić information content (AvgIpc) is 1.90. The first-order valence-electron chi connectivity index (χ1n) is 2.93. The average molecular weight is 140 g/mol. The van der Waals surface area contributed by atoms with Crippen LogP contribution < -0.4 is 0 Å². The van der Waals surface area contributed by atoms with Crippen molar-refractivity contribution in [2.45, 2.75) is 6.42 Å². The van der Waals surface area contributed by atoms with Crippen LogP contribution in [0.3, 0.4) is 0 Å². The normalized spacial score (nSPS) is 11.0. The Bertz CT molecular complexity index is 161. The Morgan fingerprint density at radius 1 is 1.80 bits per heavy atom. The smallest absolute Gasteiger partial charge is 0.222 e. The van der Waals surface area contributed by atoms with Crippen molar-refractivity contribution in [3.63, 3.8) is 0 Å². The summed E-state index contributed by atoms with van der Waals surface area (Å²) in [5.74, 6) is 0. The van der Waals surface area contributed by atoms with Gasteiger partial charge in [-0.1, -0.05) is 12.7 Å². The molecule has 0 aliphatic heterocycles. The van der Waals surface area contributed by atoms with Crippen LogP contribution in [0.5, 0.6) is 0 Å². The highest BCUT2D eigenvalue weighted by atomic mass is 16.6. The molecule has 0 aliphatic rings. The Morgan fingerprint density at radius 3 is 2.70 bits per heavy atom. The second-order valence-corrected chi connectivity index (χ2v) is 1.75. The molecular formula is C7H10NO2+. The molecule has 3 heteroatoms. The molecule has 0 aromatic carbocycles. The van der Waals surface area contributed by atoms with Gasteiger partial charge in [0.25, 0.3) is 0 Å². The third kappa shape index (κ3) is 3.72. The van der Waals surface area contributed by atoms with Gasteiger partial charge in [0.05, 0.1) is 6.92 Å². The van der Waals surface area contributed by atoms with E-state index < -0.39 is 0 Å². The van der Waals surface area contributed by atoms with Crippen LogP contribution >= 0.6 is 0 Å². The molecule has 54 valence electrons. The summed E-state index contributed by atoms with van der Waals surface area (Å²) >= 11 is 0. The molecule has 0 bridgehead atoms. The zero-order valence-electron chi connectivity index (χ0n) is 5.75. The molecule has 0 aromatic rings. The van der Waals surface area contributed by atoms with Gasteiger partial charge in [0.15, 0.2) is 0 Å². The van der Waals surface area contributed by atoms with Gasteiger partial charge in [0.1, 0.15) is 6.42 Å². The van der Waals surface area contributed by atoms with Crippen molar-refractivity contribution in [2.24, 2.45) is 0 Å². The molecule has 0 saturated carbocycles. The zero-order chi connectivity index (χ0) is 7.98. The molecule has 0 saturated heterocycles. The summed E-state index contributed by atoms with van der Waals surface area (Å²) in [7, 11) is 0. The third-order valence-electron chi connectivity index (χ3n) is 1.05. The highest BCUT2D eigenvalue weighted by Crippen LogP contribution is 1.99. The summed E-state index contributed by atoms with van der Waals surface area (Å²) < 4.78 is 0. The van der Waals surface area contributed by atoms with Crippen LogP contribution in [-0.4, -0.2) is 11.5 Å². The van der Waals surface area contributed by atoms with Gasteiger partial charge in [0, 0.05) is 4.92 Å². The van der Waals surface area contributed by atoms with E-state index in [0.717, 1.165) is 5.57 Å². The largest absolute Gasteiger partial charge is 0.264 e. The molecule has 0 spiro atoms. The van der Waals surface area contributed by atoms with Gasteiger partial charge in [-0.05, 0) is 11.6 Å². The van der Waals surface area contributed by atoms with E-state index in [-0.39, 0.29) is 11.5 Å². The quantitative estimate of drug-likeness (QED) is 0.257. The van der Waals surface area contributed by atoms with Crippen molar-refractivity contribution >= 4 is 0 Å². The number of rotatable bonds is 4. The lowest BCUT2D eigenvalue weighted by Crippen LogP contribution is -1.97. The van der Waals surface area contributed by atoms with Crippen molar-refractivity contribution < 1.29 is 4.92 Å². The predicted molar refractivity (Wildman–Crippen MR) is 40.1 cm³/mol. The van der Waals surface area contributed by atoms with Crippen LogP contribution in [0, 0.1) is 17.0 Å². The van der Waals surface area contributed by atoms with Crippen LogP contribution in [0.4, 0.5) is 0 Å². The molecule has 0 aromatic heterocycles. The summed E-state index contributed by atoms with van der Waals surface area (Å²) in [4.78, 5) is 9.45. The van der Waals surface area contributed by atoms with Gasteiger partial charge in [-0.3, -0.25) is 10.1 Å². The van der Waals surface area contributed by atoms with E-state index in [9.17, 15) is 10.1 Å². The Labute approximate surface area is 60.2 Å².